The number of amides is 1. The molecule has 2 aromatic heterocycles. The number of pyridine rings is 1. The van der Waals surface area contributed by atoms with Gasteiger partial charge in [0.05, 0.1) is 35.0 Å². The molecule has 0 radical (unpaired) electrons. The molecule has 2 aromatic carbocycles. The summed E-state index contributed by atoms with van der Waals surface area (Å²) in [7, 11) is 0. The highest BCUT2D eigenvalue weighted by Crippen LogP contribution is 2.40. The number of hydrogen-bond donors (Lipinski definition) is 0. The Morgan fingerprint density at radius 1 is 1.09 bits per heavy atom. The van der Waals surface area contributed by atoms with Crippen LogP contribution in [-0.2, 0) is 0 Å². The van der Waals surface area contributed by atoms with Crippen LogP contribution in [0.5, 0.6) is 5.75 Å². The van der Waals surface area contributed by atoms with Crippen molar-refractivity contribution in [3.63, 3.8) is 0 Å². The van der Waals surface area contributed by atoms with Crippen molar-refractivity contribution in [3.05, 3.63) is 82.6 Å². The molecule has 0 bridgehead atoms. The third kappa shape index (κ3) is 3.76. The van der Waals surface area contributed by atoms with Crippen molar-refractivity contribution >= 4 is 34.2 Å². The minimum atomic E-state index is -0.580. The Hall–Kier alpha value is -3.71. The van der Waals surface area contributed by atoms with Gasteiger partial charge in [-0.05, 0) is 43.3 Å². The first kappa shape index (κ1) is 21.8. The number of ether oxygens (including phenoxy) is 1. The van der Waals surface area contributed by atoms with E-state index in [1.54, 1.807) is 29.1 Å². The van der Waals surface area contributed by atoms with Gasteiger partial charge in [-0.2, -0.15) is 5.10 Å². The van der Waals surface area contributed by atoms with E-state index in [4.69, 9.17) is 21.3 Å². The predicted octanol–water partition coefficient (Wildman–Crippen LogP) is 5.02. The summed E-state index contributed by atoms with van der Waals surface area (Å²) in [5, 5.41) is 6.03. The fourth-order valence-electron chi connectivity index (χ4n) is 5.06. The lowest BCUT2D eigenvalue weighted by atomic mass is 9.82. The van der Waals surface area contributed by atoms with Gasteiger partial charge in [0.1, 0.15) is 11.4 Å². The van der Waals surface area contributed by atoms with Gasteiger partial charge in [0, 0.05) is 36.3 Å². The topological polar surface area (TPSA) is 77.3 Å². The van der Waals surface area contributed by atoms with E-state index >= 15 is 0 Å². The molecule has 0 atom stereocenters. The van der Waals surface area contributed by atoms with Gasteiger partial charge in [0.2, 0.25) is 0 Å². The molecule has 2 aliphatic heterocycles. The number of carbonyl (C=O) groups excluding carboxylic acids is 2. The van der Waals surface area contributed by atoms with Crippen LogP contribution < -0.4 is 4.74 Å². The van der Waals surface area contributed by atoms with Gasteiger partial charge >= 0.3 is 0 Å². The lowest BCUT2D eigenvalue weighted by Gasteiger charge is -2.44. The summed E-state index contributed by atoms with van der Waals surface area (Å²) in [4.78, 5) is 32.7. The maximum absolute atomic E-state index is 13.4. The van der Waals surface area contributed by atoms with Crippen LogP contribution in [0.25, 0.3) is 16.7 Å². The molecule has 1 spiro atoms. The second-order valence-electron chi connectivity index (χ2n) is 9.24. The van der Waals surface area contributed by atoms with Crippen LogP contribution in [0.1, 0.15) is 45.7 Å². The summed E-state index contributed by atoms with van der Waals surface area (Å²) in [6.45, 7) is 2.90. The summed E-state index contributed by atoms with van der Waals surface area (Å²) in [6.07, 6.45) is 3.09. The number of ketones is 1. The molecule has 0 aliphatic carbocycles. The van der Waals surface area contributed by atoms with Gasteiger partial charge < -0.3 is 9.64 Å². The Morgan fingerprint density at radius 3 is 2.71 bits per heavy atom. The van der Waals surface area contributed by atoms with Crippen LogP contribution in [-0.4, -0.2) is 50.0 Å². The lowest BCUT2D eigenvalue weighted by Crippen LogP contribution is -2.52. The number of Topliss-reactive ketones (excluding diaryl/α,β-unsaturated/α-hetero) is 1. The van der Waals surface area contributed by atoms with E-state index < -0.39 is 5.60 Å². The Morgan fingerprint density at radius 2 is 1.89 bits per heavy atom. The van der Waals surface area contributed by atoms with Crippen LogP contribution in [0.15, 0.2) is 60.8 Å². The quantitative estimate of drug-likeness (QED) is 0.397. The second kappa shape index (κ2) is 8.20. The lowest BCUT2D eigenvalue weighted by molar-refractivity contribution is -0.00571. The molecule has 8 heteroatoms. The largest absolute Gasteiger partial charge is 0.486 e. The van der Waals surface area contributed by atoms with Crippen molar-refractivity contribution in [2.45, 2.75) is 31.8 Å². The number of aromatic nitrogens is 3. The van der Waals surface area contributed by atoms with Crippen molar-refractivity contribution in [2.24, 2.45) is 0 Å². The number of piperidine rings is 1. The van der Waals surface area contributed by atoms with E-state index in [-0.39, 0.29) is 11.7 Å². The van der Waals surface area contributed by atoms with E-state index in [1.807, 2.05) is 48.2 Å². The Balaban J connectivity index is 1.19. The highest BCUT2D eigenvalue weighted by atomic mass is 35.5. The molecule has 1 amide bonds. The zero-order chi connectivity index (χ0) is 24.2. The minimum Gasteiger partial charge on any atom is -0.486 e. The molecule has 4 heterocycles. The number of benzene rings is 2. The van der Waals surface area contributed by atoms with Gasteiger partial charge in [-0.1, -0.05) is 29.8 Å². The first-order valence-electron chi connectivity index (χ1n) is 11.6. The molecule has 0 saturated carbocycles. The molecular formula is C27H23ClN4O3. The number of nitrogens with zero attached hydrogens (tertiary/aromatic N) is 4. The fraction of sp³-hybridized carbons (Fsp3) is 0.259. The zero-order valence-electron chi connectivity index (χ0n) is 19.2. The SMILES string of the molecule is Cc1c(C(=O)N2CCC3(CC2)CC(=O)c2cc(Cl)ccc2O3)cnn1-c1ccc2ccccc2n1. The standard InChI is InChI=1S/C27H23ClN4O3/c1-17-21(16-29-32(17)25-9-6-18-4-2-3-5-22(18)30-25)26(34)31-12-10-27(11-13-31)15-23(33)20-14-19(28)7-8-24(20)35-27/h2-9,14,16H,10-13,15H2,1H3. The van der Waals surface area contributed by atoms with Crippen molar-refractivity contribution < 1.29 is 14.3 Å². The van der Waals surface area contributed by atoms with Crippen LogP contribution >= 0.6 is 11.6 Å². The average Bonchev–Trinajstić information content (AvgIpc) is 3.25. The maximum Gasteiger partial charge on any atom is 0.257 e. The van der Waals surface area contributed by atoms with Crippen molar-refractivity contribution in [2.75, 3.05) is 13.1 Å². The number of fused-ring (bicyclic) bond motifs is 2. The molecule has 1 fully saturated rings. The van der Waals surface area contributed by atoms with E-state index in [1.165, 1.54) is 0 Å². The number of halogens is 1. The van der Waals surface area contributed by atoms with Crippen LogP contribution in [0.4, 0.5) is 0 Å². The number of hydrogen-bond acceptors (Lipinski definition) is 5. The van der Waals surface area contributed by atoms with Crippen molar-refractivity contribution in [3.8, 4) is 11.6 Å². The molecule has 6 rings (SSSR count). The normalized spacial score (nSPS) is 16.9. The van der Waals surface area contributed by atoms with E-state index in [2.05, 4.69) is 5.10 Å². The van der Waals surface area contributed by atoms with E-state index in [0.29, 0.717) is 60.1 Å². The van der Waals surface area contributed by atoms with Gasteiger partial charge in [-0.3, -0.25) is 9.59 Å². The maximum atomic E-state index is 13.4. The van der Waals surface area contributed by atoms with Crippen molar-refractivity contribution in [1.82, 2.24) is 19.7 Å². The van der Waals surface area contributed by atoms with Crippen molar-refractivity contribution in [1.29, 1.82) is 0 Å². The molecule has 35 heavy (non-hydrogen) atoms. The smallest absolute Gasteiger partial charge is 0.257 e. The minimum absolute atomic E-state index is 0.0357. The second-order valence-corrected chi connectivity index (χ2v) is 9.67. The predicted molar refractivity (Wildman–Crippen MR) is 132 cm³/mol. The first-order valence-corrected chi connectivity index (χ1v) is 12.0. The van der Waals surface area contributed by atoms with Crippen LogP contribution in [0.2, 0.25) is 5.02 Å². The zero-order valence-corrected chi connectivity index (χ0v) is 20.0. The molecule has 7 nitrogen and oxygen atoms in total. The molecule has 1 saturated heterocycles. The number of rotatable bonds is 2. The van der Waals surface area contributed by atoms with Gasteiger partial charge in [0.25, 0.3) is 5.91 Å². The summed E-state index contributed by atoms with van der Waals surface area (Å²) in [5.74, 6) is 1.21. The molecular weight excluding hydrogens is 464 g/mol. The number of para-hydroxylation sites is 1. The summed E-state index contributed by atoms with van der Waals surface area (Å²) >= 11 is 6.05. The first-order chi connectivity index (χ1) is 16.9. The van der Waals surface area contributed by atoms with Gasteiger partial charge in [-0.25, -0.2) is 9.67 Å². The van der Waals surface area contributed by atoms with Gasteiger partial charge in [0.15, 0.2) is 11.6 Å². The molecule has 2 aliphatic rings. The molecule has 0 N–H and O–H groups in total. The highest BCUT2D eigenvalue weighted by Gasteiger charge is 2.44. The van der Waals surface area contributed by atoms with Gasteiger partial charge in [-0.15, -0.1) is 0 Å². The Bertz CT molecular complexity index is 1490. The summed E-state index contributed by atoms with van der Waals surface area (Å²) in [5.41, 5.74) is 2.12. The number of likely N-dealkylation sites (tertiary alicyclic amines) is 1. The summed E-state index contributed by atoms with van der Waals surface area (Å²) < 4.78 is 8.00. The van der Waals surface area contributed by atoms with E-state index in [0.717, 1.165) is 16.6 Å². The summed E-state index contributed by atoms with van der Waals surface area (Å²) in [6, 6.07) is 17.0. The number of carbonyl (C=O) groups is 2. The van der Waals surface area contributed by atoms with E-state index in [9.17, 15) is 9.59 Å². The average molecular weight is 487 g/mol. The highest BCUT2D eigenvalue weighted by molar-refractivity contribution is 6.31. The third-order valence-corrected chi connectivity index (χ3v) is 7.29. The Labute approximate surface area is 207 Å². The third-order valence-electron chi connectivity index (χ3n) is 7.05. The fourth-order valence-corrected chi connectivity index (χ4v) is 5.23. The molecule has 176 valence electrons. The monoisotopic (exact) mass is 486 g/mol. The van der Waals surface area contributed by atoms with Crippen LogP contribution in [0, 0.1) is 6.92 Å². The molecule has 4 aromatic rings. The molecule has 0 unspecified atom stereocenters. The van der Waals surface area contributed by atoms with Crippen LogP contribution in [0.3, 0.4) is 0 Å². The Kier molecular flexibility index (Phi) is 5.11.